The fourth-order valence-corrected chi connectivity index (χ4v) is 4.61. The number of carboxylic acids is 1. The maximum atomic E-state index is 13.8. The Morgan fingerprint density at radius 3 is 2.20 bits per heavy atom. The van der Waals surface area contributed by atoms with Crippen LogP contribution in [0, 0.1) is 23.4 Å². The topological polar surface area (TPSA) is 77.9 Å². The number of carbonyl (C=O) groups is 1. The first kappa shape index (κ1) is 18.2. The summed E-state index contributed by atoms with van der Waals surface area (Å²) in [6.45, 7) is 0.268. The lowest BCUT2D eigenvalue weighted by atomic mass is 10.1. The maximum Gasteiger partial charge on any atom is 0.321 e. The third-order valence-electron chi connectivity index (χ3n) is 4.61. The molecule has 1 N–H and O–H groups in total. The van der Waals surface area contributed by atoms with Gasteiger partial charge in [-0.3, -0.25) is 9.69 Å². The minimum Gasteiger partial charge on any atom is -0.480 e. The van der Waals surface area contributed by atoms with E-state index in [1.807, 2.05) is 0 Å². The minimum absolute atomic E-state index is 0.0444. The van der Waals surface area contributed by atoms with Crippen LogP contribution in [0.2, 0.25) is 0 Å². The van der Waals surface area contributed by atoms with Gasteiger partial charge in [-0.2, -0.15) is 4.31 Å². The second-order valence-electron chi connectivity index (χ2n) is 6.23. The third-order valence-corrected chi connectivity index (χ3v) is 6.52. The van der Waals surface area contributed by atoms with Crippen LogP contribution in [0.5, 0.6) is 0 Å². The molecule has 0 radical (unpaired) electrons. The zero-order valence-electron chi connectivity index (χ0n) is 13.2. The molecule has 1 aromatic carbocycles. The van der Waals surface area contributed by atoms with Gasteiger partial charge in [0.25, 0.3) is 0 Å². The second kappa shape index (κ2) is 6.58. The molecule has 6 nitrogen and oxygen atoms in total. The van der Waals surface area contributed by atoms with Crippen LogP contribution < -0.4 is 0 Å². The molecule has 1 saturated carbocycles. The summed E-state index contributed by atoms with van der Waals surface area (Å²) in [7, 11) is -4.33. The SMILES string of the molecule is O=C(O)C(C1CC1)N1CCN(S(=O)(=O)c2ccc(F)c(F)c2F)CC1. The van der Waals surface area contributed by atoms with Crippen molar-refractivity contribution in [2.75, 3.05) is 26.2 Å². The van der Waals surface area contributed by atoms with Gasteiger partial charge in [-0.25, -0.2) is 21.6 Å². The zero-order chi connectivity index (χ0) is 18.4. The van der Waals surface area contributed by atoms with Gasteiger partial charge in [0.2, 0.25) is 10.0 Å². The number of hydrogen-bond acceptors (Lipinski definition) is 4. The van der Waals surface area contributed by atoms with Gasteiger partial charge in [-0.05, 0) is 30.9 Å². The van der Waals surface area contributed by atoms with Gasteiger partial charge in [-0.15, -0.1) is 0 Å². The Morgan fingerprint density at radius 2 is 1.68 bits per heavy atom. The van der Waals surface area contributed by atoms with E-state index in [1.54, 1.807) is 4.90 Å². The van der Waals surface area contributed by atoms with Gasteiger partial charge >= 0.3 is 5.97 Å². The molecule has 0 aromatic heterocycles. The maximum absolute atomic E-state index is 13.8. The molecule has 0 bridgehead atoms. The van der Waals surface area contributed by atoms with Crippen molar-refractivity contribution in [2.45, 2.75) is 23.8 Å². The fourth-order valence-electron chi connectivity index (χ4n) is 3.14. The predicted octanol–water partition coefficient (Wildman–Crippen LogP) is 1.27. The Balaban J connectivity index is 1.76. The van der Waals surface area contributed by atoms with Crippen molar-refractivity contribution in [3.63, 3.8) is 0 Å². The van der Waals surface area contributed by atoms with Crippen LogP contribution in [-0.4, -0.2) is 60.9 Å². The standard InChI is InChI=1S/C15H17F3N2O4S/c16-10-3-4-11(13(18)12(10)17)25(23,24)20-7-5-19(6-8-20)14(15(21)22)9-1-2-9/h3-4,9,14H,1-2,5-8H2,(H,21,22). The van der Waals surface area contributed by atoms with Crippen molar-refractivity contribution in [2.24, 2.45) is 5.92 Å². The lowest BCUT2D eigenvalue weighted by Gasteiger charge is -2.37. The van der Waals surface area contributed by atoms with Crippen molar-refractivity contribution >= 4 is 16.0 Å². The Kier molecular flexibility index (Phi) is 4.78. The van der Waals surface area contributed by atoms with E-state index in [9.17, 15) is 31.5 Å². The number of aliphatic carboxylic acids is 1. The summed E-state index contributed by atoms with van der Waals surface area (Å²) >= 11 is 0. The van der Waals surface area contributed by atoms with Crippen molar-refractivity contribution in [3.8, 4) is 0 Å². The van der Waals surface area contributed by atoms with Gasteiger partial charge in [0.05, 0.1) is 0 Å². The monoisotopic (exact) mass is 378 g/mol. The molecule has 3 rings (SSSR count). The summed E-state index contributed by atoms with van der Waals surface area (Å²) in [5, 5.41) is 9.33. The molecule has 1 heterocycles. The summed E-state index contributed by atoms with van der Waals surface area (Å²) < 4.78 is 66.1. The largest absolute Gasteiger partial charge is 0.480 e. The Morgan fingerprint density at radius 1 is 1.08 bits per heavy atom. The Labute approximate surface area is 142 Å². The molecular formula is C15H17F3N2O4S. The van der Waals surface area contributed by atoms with Gasteiger partial charge in [-0.1, -0.05) is 0 Å². The van der Waals surface area contributed by atoms with Crippen molar-refractivity contribution < 1.29 is 31.5 Å². The predicted molar refractivity (Wildman–Crippen MR) is 80.8 cm³/mol. The first-order valence-electron chi connectivity index (χ1n) is 7.84. The fraction of sp³-hybridized carbons (Fsp3) is 0.533. The van der Waals surface area contributed by atoms with Crippen LogP contribution in [0.25, 0.3) is 0 Å². The highest BCUT2D eigenvalue weighted by Crippen LogP contribution is 2.36. The molecule has 0 amide bonds. The summed E-state index contributed by atoms with van der Waals surface area (Å²) in [6, 6.07) is 0.610. The minimum atomic E-state index is -4.33. The smallest absolute Gasteiger partial charge is 0.321 e. The first-order chi connectivity index (χ1) is 11.7. The Bertz CT molecular complexity index is 790. The van der Waals surface area contributed by atoms with Gasteiger partial charge in [0.1, 0.15) is 10.9 Å². The van der Waals surface area contributed by atoms with Crippen LogP contribution in [0.15, 0.2) is 17.0 Å². The molecule has 1 aromatic rings. The molecule has 1 aliphatic heterocycles. The lowest BCUT2D eigenvalue weighted by Crippen LogP contribution is -2.54. The molecule has 138 valence electrons. The van der Waals surface area contributed by atoms with E-state index in [2.05, 4.69) is 0 Å². The van der Waals surface area contributed by atoms with Crippen LogP contribution in [-0.2, 0) is 14.8 Å². The molecule has 1 aliphatic carbocycles. The molecule has 2 fully saturated rings. The molecule has 1 atom stereocenters. The lowest BCUT2D eigenvalue weighted by molar-refractivity contribution is -0.144. The van der Waals surface area contributed by atoms with Gasteiger partial charge in [0.15, 0.2) is 17.5 Å². The summed E-state index contributed by atoms with van der Waals surface area (Å²) in [6.07, 6.45) is 1.66. The second-order valence-corrected chi connectivity index (χ2v) is 8.14. The molecular weight excluding hydrogens is 361 g/mol. The summed E-state index contributed by atoms with van der Waals surface area (Å²) in [5.41, 5.74) is 0. The van der Waals surface area contributed by atoms with Crippen LogP contribution in [0.1, 0.15) is 12.8 Å². The highest BCUT2D eigenvalue weighted by molar-refractivity contribution is 7.89. The number of hydrogen-bond donors (Lipinski definition) is 1. The number of sulfonamides is 1. The van der Waals surface area contributed by atoms with E-state index in [0.717, 1.165) is 17.1 Å². The highest BCUT2D eigenvalue weighted by atomic mass is 32.2. The number of halogens is 3. The average Bonchev–Trinajstić information content (AvgIpc) is 3.37. The summed E-state index contributed by atoms with van der Waals surface area (Å²) in [5.74, 6) is -5.91. The molecule has 2 aliphatic rings. The van der Waals surface area contributed by atoms with Crippen molar-refractivity contribution in [1.82, 2.24) is 9.21 Å². The zero-order valence-corrected chi connectivity index (χ0v) is 14.0. The van der Waals surface area contributed by atoms with Crippen LogP contribution in [0.3, 0.4) is 0 Å². The number of carboxylic acid groups (broad SMARTS) is 1. The van der Waals surface area contributed by atoms with Crippen LogP contribution in [0.4, 0.5) is 13.2 Å². The molecule has 0 spiro atoms. The first-order valence-corrected chi connectivity index (χ1v) is 9.28. The molecule has 10 heteroatoms. The average molecular weight is 378 g/mol. The van der Waals surface area contributed by atoms with E-state index < -0.39 is 44.4 Å². The van der Waals surface area contributed by atoms with E-state index in [0.29, 0.717) is 12.1 Å². The number of nitrogens with zero attached hydrogens (tertiary/aromatic N) is 2. The molecule has 1 unspecified atom stereocenters. The highest BCUT2D eigenvalue weighted by Gasteiger charge is 2.42. The quantitative estimate of drug-likeness (QED) is 0.781. The number of benzene rings is 1. The van der Waals surface area contributed by atoms with E-state index in [-0.39, 0.29) is 32.1 Å². The van der Waals surface area contributed by atoms with Crippen LogP contribution >= 0.6 is 0 Å². The van der Waals surface area contributed by atoms with E-state index in [1.165, 1.54) is 0 Å². The van der Waals surface area contributed by atoms with E-state index in [4.69, 9.17) is 0 Å². The van der Waals surface area contributed by atoms with Crippen molar-refractivity contribution in [3.05, 3.63) is 29.6 Å². The molecule has 1 saturated heterocycles. The van der Waals surface area contributed by atoms with Gasteiger partial charge in [0, 0.05) is 26.2 Å². The summed E-state index contributed by atoms with van der Waals surface area (Å²) in [4.78, 5) is 12.2. The van der Waals surface area contributed by atoms with Gasteiger partial charge < -0.3 is 5.11 Å². The van der Waals surface area contributed by atoms with Crippen molar-refractivity contribution in [1.29, 1.82) is 0 Å². The normalized spacial score (nSPS) is 21.2. The Hall–Kier alpha value is -1.65. The molecule has 25 heavy (non-hydrogen) atoms. The number of piperazine rings is 1. The van der Waals surface area contributed by atoms with E-state index >= 15 is 0 Å². The number of rotatable bonds is 5. The third kappa shape index (κ3) is 3.38.